The van der Waals surface area contributed by atoms with E-state index in [0.717, 1.165) is 16.3 Å². The highest BCUT2D eigenvalue weighted by Crippen LogP contribution is 2.31. The van der Waals surface area contributed by atoms with Gasteiger partial charge in [0.1, 0.15) is 5.75 Å². The Morgan fingerprint density at radius 1 is 1.38 bits per heavy atom. The Labute approximate surface area is 98.9 Å². The molecule has 0 spiro atoms. The third-order valence-corrected chi connectivity index (χ3v) is 3.14. The van der Waals surface area contributed by atoms with Gasteiger partial charge in [-0.25, -0.2) is 0 Å². The van der Waals surface area contributed by atoms with Crippen molar-refractivity contribution in [3.8, 4) is 5.75 Å². The van der Waals surface area contributed by atoms with Crippen LogP contribution in [0.25, 0.3) is 0 Å². The first-order valence-corrected chi connectivity index (χ1v) is 5.83. The van der Waals surface area contributed by atoms with E-state index < -0.39 is 0 Å². The van der Waals surface area contributed by atoms with Crippen molar-refractivity contribution in [2.45, 2.75) is 6.92 Å². The third kappa shape index (κ3) is 2.12. The SMILES string of the molecule is COc1cc(Nc2cccs2)c(C)cc1N. The number of hydrogen-bond donors (Lipinski definition) is 2. The van der Waals surface area contributed by atoms with Crippen LogP contribution in [0.2, 0.25) is 0 Å². The van der Waals surface area contributed by atoms with E-state index in [4.69, 9.17) is 10.5 Å². The van der Waals surface area contributed by atoms with Crippen molar-refractivity contribution < 1.29 is 4.74 Å². The van der Waals surface area contributed by atoms with E-state index >= 15 is 0 Å². The lowest BCUT2D eigenvalue weighted by Gasteiger charge is -2.11. The fourth-order valence-electron chi connectivity index (χ4n) is 1.50. The zero-order valence-corrected chi connectivity index (χ0v) is 10.1. The zero-order valence-electron chi connectivity index (χ0n) is 9.28. The van der Waals surface area contributed by atoms with Crippen molar-refractivity contribution in [2.75, 3.05) is 18.2 Å². The molecule has 0 saturated heterocycles. The van der Waals surface area contributed by atoms with Crippen LogP contribution in [0.1, 0.15) is 5.56 Å². The molecule has 0 aliphatic carbocycles. The predicted octanol–water partition coefficient (Wildman–Crippen LogP) is 3.39. The molecule has 3 N–H and O–H groups in total. The summed E-state index contributed by atoms with van der Waals surface area (Å²) in [4.78, 5) is 0. The molecule has 1 aromatic carbocycles. The first-order chi connectivity index (χ1) is 7.70. The summed E-state index contributed by atoms with van der Waals surface area (Å²) in [5.41, 5.74) is 8.61. The van der Waals surface area contributed by atoms with Gasteiger partial charge in [-0.05, 0) is 36.1 Å². The average molecular weight is 234 g/mol. The number of anilines is 3. The van der Waals surface area contributed by atoms with Crippen LogP contribution < -0.4 is 15.8 Å². The number of thiophene rings is 1. The highest BCUT2D eigenvalue weighted by atomic mass is 32.1. The average Bonchev–Trinajstić information content (AvgIpc) is 2.75. The second-order valence-corrected chi connectivity index (χ2v) is 4.46. The van der Waals surface area contributed by atoms with Crippen molar-refractivity contribution in [1.29, 1.82) is 0 Å². The second kappa shape index (κ2) is 4.45. The van der Waals surface area contributed by atoms with Gasteiger partial charge in [-0.15, -0.1) is 11.3 Å². The van der Waals surface area contributed by atoms with Crippen LogP contribution >= 0.6 is 11.3 Å². The number of aryl methyl sites for hydroxylation is 1. The lowest BCUT2D eigenvalue weighted by molar-refractivity contribution is 0.417. The Morgan fingerprint density at radius 3 is 2.81 bits per heavy atom. The van der Waals surface area contributed by atoms with Crippen molar-refractivity contribution in [3.05, 3.63) is 35.2 Å². The van der Waals surface area contributed by atoms with Crippen LogP contribution in [0.3, 0.4) is 0 Å². The number of hydrogen-bond acceptors (Lipinski definition) is 4. The topological polar surface area (TPSA) is 47.3 Å². The Balaban J connectivity index is 2.33. The molecule has 0 amide bonds. The molecule has 0 bridgehead atoms. The molecular weight excluding hydrogens is 220 g/mol. The highest BCUT2D eigenvalue weighted by molar-refractivity contribution is 7.14. The molecule has 0 aliphatic rings. The molecule has 3 nitrogen and oxygen atoms in total. The summed E-state index contributed by atoms with van der Waals surface area (Å²) in [6, 6.07) is 7.88. The molecule has 0 radical (unpaired) electrons. The molecule has 2 aromatic rings. The van der Waals surface area contributed by atoms with Gasteiger partial charge >= 0.3 is 0 Å². The molecule has 1 aromatic heterocycles. The molecular formula is C12H14N2OS. The summed E-state index contributed by atoms with van der Waals surface area (Å²) in [7, 11) is 1.62. The summed E-state index contributed by atoms with van der Waals surface area (Å²) in [6.45, 7) is 2.02. The first kappa shape index (κ1) is 10.8. The summed E-state index contributed by atoms with van der Waals surface area (Å²) in [6.07, 6.45) is 0. The van der Waals surface area contributed by atoms with Gasteiger partial charge in [0.25, 0.3) is 0 Å². The van der Waals surface area contributed by atoms with E-state index in [1.807, 2.05) is 36.6 Å². The normalized spacial score (nSPS) is 10.1. The van der Waals surface area contributed by atoms with Crippen molar-refractivity contribution in [2.24, 2.45) is 0 Å². The molecule has 84 valence electrons. The Hall–Kier alpha value is -1.68. The van der Waals surface area contributed by atoms with Crippen molar-refractivity contribution in [3.63, 3.8) is 0 Å². The Bertz CT molecular complexity index is 480. The van der Waals surface area contributed by atoms with Gasteiger partial charge in [0.15, 0.2) is 0 Å². The van der Waals surface area contributed by atoms with E-state index in [1.165, 1.54) is 0 Å². The number of methoxy groups -OCH3 is 1. The first-order valence-electron chi connectivity index (χ1n) is 4.95. The summed E-state index contributed by atoms with van der Waals surface area (Å²) in [5.74, 6) is 0.699. The van der Waals surface area contributed by atoms with Crippen LogP contribution in [-0.4, -0.2) is 7.11 Å². The standard InChI is InChI=1S/C12H14N2OS/c1-8-6-9(13)11(15-2)7-10(8)14-12-4-3-5-16-12/h3-7,14H,13H2,1-2H3. The lowest BCUT2D eigenvalue weighted by Crippen LogP contribution is -1.97. The molecule has 0 atom stereocenters. The lowest BCUT2D eigenvalue weighted by atomic mass is 10.1. The van der Waals surface area contributed by atoms with E-state index in [1.54, 1.807) is 18.4 Å². The van der Waals surface area contributed by atoms with Gasteiger partial charge in [-0.1, -0.05) is 0 Å². The van der Waals surface area contributed by atoms with Crippen LogP contribution in [0.5, 0.6) is 5.75 Å². The number of nitrogens with one attached hydrogen (secondary N) is 1. The van der Waals surface area contributed by atoms with Gasteiger partial charge in [-0.3, -0.25) is 0 Å². The number of nitrogens with two attached hydrogens (primary N) is 1. The Morgan fingerprint density at radius 2 is 2.19 bits per heavy atom. The maximum atomic E-state index is 5.82. The minimum absolute atomic E-state index is 0.664. The molecule has 2 rings (SSSR count). The van der Waals surface area contributed by atoms with E-state index in [0.29, 0.717) is 11.4 Å². The fourth-order valence-corrected chi connectivity index (χ4v) is 2.13. The maximum absolute atomic E-state index is 5.82. The molecule has 1 heterocycles. The molecule has 16 heavy (non-hydrogen) atoms. The van der Waals surface area contributed by atoms with E-state index in [-0.39, 0.29) is 0 Å². The number of ether oxygens (including phenoxy) is 1. The van der Waals surface area contributed by atoms with Crippen molar-refractivity contribution >= 4 is 27.7 Å². The van der Waals surface area contributed by atoms with Gasteiger partial charge < -0.3 is 15.8 Å². The largest absolute Gasteiger partial charge is 0.495 e. The quantitative estimate of drug-likeness (QED) is 0.800. The molecule has 0 unspecified atom stereocenters. The second-order valence-electron chi connectivity index (χ2n) is 3.51. The van der Waals surface area contributed by atoms with Gasteiger partial charge in [0, 0.05) is 11.8 Å². The minimum Gasteiger partial charge on any atom is -0.495 e. The zero-order chi connectivity index (χ0) is 11.5. The van der Waals surface area contributed by atoms with Crippen LogP contribution in [0, 0.1) is 6.92 Å². The summed E-state index contributed by atoms with van der Waals surface area (Å²) < 4.78 is 5.20. The molecule has 0 aliphatic heterocycles. The Kier molecular flexibility index (Phi) is 3.01. The summed E-state index contributed by atoms with van der Waals surface area (Å²) in [5, 5.41) is 6.48. The van der Waals surface area contributed by atoms with E-state index in [9.17, 15) is 0 Å². The van der Waals surface area contributed by atoms with Crippen molar-refractivity contribution in [1.82, 2.24) is 0 Å². The molecule has 0 saturated carbocycles. The fraction of sp³-hybridized carbons (Fsp3) is 0.167. The van der Waals surface area contributed by atoms with Crippen LogP contribution in [0.15, 0.2) is 29.6 Å². The number of nitrogen functional groups attached to an aromatic ring is 1. The van der Waals surface area contributed by atoms with Crippen LogP contribution in [0.4, 0.5) is 16.4 Å². The van der Waals surface area contributed by atoms with Gasteiger partial charge in [0.2, 0.25) is 0 Å². The smallest absolute Gasteiger partial charge is 0.143 e. The summed E-state index contributed by atoms with van der Waals surface area (Å²) >= 11 is 1.66. The van der Waals surface area contributed by atoms with E-state index in [2.05, 4.69) is 5.32 Å². The number of benzene rings is 1. The number of rotatable bonds is 3. The van der Waals surface area contributed by atoms with Crippen LogP contribution in [-0.2, 0) is 0 Å². The highest BCUT2D eigenvalue weighted by Gasteiger charge is 2.05. The third-order valence-electron chi connectivity index (χ3n) is 2.36. The predicted molar refractivity (Wildman–Crippen MR) is 69.7 cm³/mol. The minimum atomic E-state index is 0.664. The maximum Gasteiger partial charge on any atom is 0.143 e. The molecule has 4 heteroatoms. The monoisotopic (exact) mass is 234 g/mol. The van der Waals surface area contributed by atoms with Gasteiger partial charge in [-0.2, -0.15) is 0 Å². The molecule has 0 fully saturated rings. The van der Waals surface area contributed by atoms with Gasteiger partial charge in [0.05, 0.1) is 17.8 Å².